The van der Waals surface area contributed by atoms with Gasteiger partial charge in [0.15, 0.2) is 6.10 Å². The zero-order valence-electron chi connectivity index (χ0n) is 20.2. The number of hydrogen-bond donors (Lipinski definition) is 2. The Hall–Kier alpha value is -2.91. The minimum atomic E-state index is -1.27. The molecule has 0 fully saturated rings. The Kier molecular flexibility index (Phi) is 10.3. The number of aliphatic carboxylic acids is 1. The van der Waals surface area contributed by atoms with Crippen molar-refractivity contribution in [3.8, 4) is 5.75 Å². The number of fused-ring (bicyclic) bond motifs is 2. The van der Waals surface area contributed by atoms with Crippen LogP contribution in [0.25, 0.3) is 0 Å². The predicted octanol–water partition coefficient (Wildman–Crippen LogP) is 5.07. The lowest BCUT2D eigenvalue weighted by molar-refractivity contribution is -0.149. The van der Waals surface area contributed by atoms with Gasteiger partial charge >= 0.3 is 5.97 Å². The van der Waals surface area contributed by atoms with Crippen molar-refractivity contribution in [2.75, 3.05) is 31.3 Å². The van der Waals surface area contributed by atoms with Gasteiger partial charge in [0.05, 0.1) is 38.5 Å². The minimum Gasteiger partial charge on any atom is -0.492 e. The van der Waals surface area contributed by atoms with Crippen LogP contribution in [-0.4, -0.2) is 52.9 Å². The van der Waals surface area contributed by atoms with Gasteiger partial charge in [-0.05, 0) is 61.9 Å². The van der Waals surface area contributed by atoms with E-state index in [1.165, 1.54) is 0 Å². The highest BCUT2D eigenvalue weighted by molar-refractivity contribution is 7.85. The molecule has 0 aromatic heterocycles. The number of carboxylic acid groups (broad SMARTS) is 1. The molecule has 0 aliphatic carbocycles. The number of halogens is 1. The normalized spacial score (nSPS) is 14.7. The molecule has 0 amide bonds. The maximum atomic E-state index is 13.0. The van der Waals surface area contributed by atoms with E-state index in [1.54, 1.807) is 19.9 Å². The number of aliphatic hydroxyl groups is 1. The fourth-order valence-electron chi connectivity index (χ4n) is 3.79. The molecule has 0 saturated heterocycles. The van der Waals surface area contributed by atoms with Crippen molar-refractivity contribution >= 4 is 39.7 Å². The van der Waals surface area contributed by atoms with Crippen LogP contribution in [-0.2, 0) is 26.8 Å². The molecule has 2 atom stereocenters. The maximum Gasteiger partial charge on any atom is 0.333 e. The topological polar surface area (TPSA) is 96.3 Å². The van der Waals surface area contributed by atoms with Crippen molar-refractivity contribution in [1.82, 2.24) is 0 Å². The van der Waals surface area contributed by atoms with E-state index in [0.717, 1.165) is 26.7 Å². The highest BCUT2D eigenvalue weighted by Crippen LogP contribution is 2.42. The first-order chi connectivity index (χ1) is 17.4. The van der Waals surface area contributed by atoms with E-state index in [0.29, 0.717) is 37.0 Å². The molecule has 1 aliphatic heterocycles. The minimum absolute atomic E-state index is 0.250. The van der Waals surface area contributed by atoms with E-state index in [9.17, 15) is 14.1 Å². The van der Waals surface area contributed by atoms with Crippen molar-refractivity contribution in [2.45, 2.75) is 36.2 Å². The Morgan fingerprint density at radius 2 is 1.69 bits per heavy atom. The summed E-state index contributed by atoms with van der Waals surface area (Å²) < 4.78 is 24.2. The van der Waals surface area contributed by atoms with E-state index < -0.39 is 22.9 Å². The number of rotatable bonds is 9. The molecule has 1 aliphatic rings. The Morgan fingerprint density at radius 3 is 2.36 bits per heavy atom. The number of ether oxygens (including phenoxy) is 2. The Labute approximate surface area is 218 Å². The lowest BCUT2D eigenvalue weighted by Gasteiger charge is -2.32. The number of benzene rings is 3. The Bertz CT molecular complexity index is 1190. The molecule has 7 nitrogen and oxygen atoms in total. The van der Waals surface area contributed by atoms with Gasteiger partial charge in [-0.2, -0.15) is 0 Å². The van der Waals surface area contributed by atoms with Gasteiger partial charge in [-0.1, -0.05) is 35.9 Å². The second-order valence-corrected chi connectivity index (χ2v) is 9.65. The molecule has 3 aromatic rings. The highest BCUT2D eigenvalue weighted by Gasteiger charge is 2.28. The predicted molar refractivity (Wildman–Crippen MR) is 141 cm³/mol. The third kappa shape index (κ3) is 6.85. The van der Waals surface area contributed by atoms with Crippen LogP contribution in [0.4, 0.5) is 11.4 Å². The highest BCUT2D eigenvalue weighted by atomic mass is 35.5. The number of carbonyl (C=O) groups is 1. The molecular weight excluding hydrogens is 502 g/mol. The SMILES string of the molecule is CCO.CCOC(Cc1ccc(OCCN2c3ccccc3S(=O)c3ccc(Cl)cc32)cc1)C(=O)O. The van der Waals surface area contributed by atoms with Crippen molar-refractivity contribution in [1.29, 1.82) is 0 Å². The maximum absolute atomic E-state index is 13.0. The summed E-state index contributed by atoms with van der Waals surface area (Å²) in [7, 11) is -1.27. The van der Waals surface area contributed by atoms with Gasteiger partial charge < -0.3 is 24.6 Å². The molecule has 0 spiro atoms. The van der Waals surface area contributed by atoms with E-state index in [-0.39, 0.29) is 6.61 Å². The van der Waals surface area contributed by atoms with Gasteiger partial charge in [-0.25, -0.2) is 9.00 Å². The summed E-state index contributed by atoms with van der Waals surface area (Å²) >= 11 is 6.23. The second-order valence-electron chi connectivity index (χ2n) is 7.80. The zero-order valence-corrected chi connectivity index (χ0v) is 21.8. The van der Waals surface area contributed by atoms with Crippen molar-refractivity contribution in [3.05, 3.63) is 77.3 Å². The summed E-state index contributed by atoms with van der Waals surface area (Å²) in [6.07, 6.45) is -0.568. The third-order valence-electron chi connectivity index (χ3n) is 5.34. The molecular formula is C27H30ClNO6S. The average molecular weight is 532 g/mol. The van der Waals surface area contributed by atoms with Gasteiger partial charge in [0.25, 0.3) is 0 Å². The van der Waals surface area contributed by atoms with Gasteiger partial charge in [-0.3, -0.25) is 0 Å². The summed E-state index contributed by atoms with van der Waals surface area (Å²) in [5.74, 6) is -0.289. The molecule has 0 radical (unpaired) electrons. The molecule has 2 unspecified atom stereocenters. The van der Waals surface area contributed by atoms with Gasteiger partial charge in [-0.15, -0.1) is 0 Å². The third-order valence-corrected chi connectivity index (χ3v) is 7.06. The van der Waals surface area contributed by atoms with Crippen LogP contribution in [0.1, 0.15) is 19.4 Å². The van der Waals surface area contributed by atoms with Crippen LogP contribution in [0.2, 0.25) is 5.02 Å². The Morgan fingerprint density at radius 1 is 1.03 bits per heavy atom. The summed E-state index contributed by atoms with van der Waals surface area (Å²) in [6, 6.07) is 20.4. The summed E-state index contributed by atoms with van der Waals surface area (Å²) in [4.78, 5) is 14.9. The first-order valence-electron chi connectivity index (χ1n) is 11.6. The van der Waals surface area contributed by atoms with E-state index in [4.69, 9.17) is 26.2 Å². The smallest absolute Gasteiger partial charge is 0.333 e. The van der Waals surface area contributed by atoms with E-state index in [1.807, 2.05) is 60.7 Å². The van der Waals surface area contributed by atoms with Crippen LogP contribution in [0.5, 0.6) is 5.75 Å². The fourth-order valence-corrected chi connectivity index (χ4v) is 5.32. The number of nitrogens with zero attached hydrogens (tertiary/aromatic N) is 1. The fraction of sp³-hybridized carbons (Fsp3) is 0.296. The standard InChI is InChI=1S/C25H24ClNO5S.C2H6O/c1-2-31-22(25(28)29)15-17-7-10-19(11-8-17)32-14-13-27-20-5-3-4-6-23(20)33(30)24-12-9-18(26)16-21(24)27;1-2-3/h3-12,16,22H,2,13-15H2,1H3,(H,28,29);3H,2H2,1H3. The lowest BCUT2D eigenvalue weighted by Crippen LogP contribution is -2.28. The number of para-hydroxylation sites is 1. The molecule has 3 aromatic carbocycles. The quantitative estimate of drug-likeness (QED) is 0.398. The largest absolute Gasteiger partial charge is 0.492 e. The number of hydrogen-bond acceptors (Lipinski definition) is 6. The molecule has 192 valence electrons. The molecule has 1 heterocycles. The van der Waals surface area contributed by atoms with E-state index >= 15 is 0 Å². The van der Waals surface area contributed by atoms with Crippen molar-refractivity contribution < 1.29 is 28.7 Å². The average Bonchev–Trinajstić information content (AvgIpc) is 2.87. The van der Waals surface area contributed by atoms with Crippen LogP contribution in [0.15, 0.2) is 76.5 Å². The van der Waals surface area contributed by atoms with Crippen LogP contribution >= 0.6 is 11.6 Å². The number of carboxylic acids is 1. The van der Waals surface area contributed by atoms with E-state index in [2.05, 4.69) is 4.90 Å². The summed E-state index contributed by atoms with van der Waals surface area (Å²) in [5.41, 5.74) is 2.55. The second kappa shape index (κ2) is 13.4. The molecule has 9 heteroatoms. The summed E-state index contributed by atoms with van der Waals surface area (Å²) in [5, 5.41) is 17.4. The summed E-state index contributed by atoms with van der Waals surface area (Å²) in [6.45, 7) is 4.98. The number of anilines is 2. The zero-order chi connectivity index (χ0) is 26.1. The number of aliphatic hydroxyl groups excluding tert-OH is 1. The monoisotopic (exact) mass is 531 g/mol. The Balaban J connectivity index is 0.00000115. The lowest BCUT2D eigenvalue weighted by atomic mass is 10.1. The van der Waals surface area contributed by atoms with Crippen LogP contribution < -0.4 is 9.64 Å². The van der Waals surface area contributed by atoms with Crippen LogP contribution in [0.3, 0.4) is 0 Å². The first kappa shape index (κ1) is 27.7. The molecule has 36 heavy (non-hydrogen) atoms. The molecule has 0 saturated carbocycles. The molecule has 4 rings (SSSR count). The van der Waals surface area contributed by atoms with Gasteiger partial charge in [0.1, 0.15) is 12.4 Å². The molecule has 2 N–H and O–H groups in total. The van der Waals surface area contributed by atoms with Crippen molar-refractivity contribution in [3.63, 3.8) is 0 Å². The molecule has 0 bridgehead atoms. The first-order valence-corrected chi connectivity index (χ1v) is 13.2. The van der Waals surface area contributed by atoms with Crippen molar-refractivity contribution in [2.24, 2.45) is 0 Å². The van der Waals surface area contributed by atoms with Crippen LogP contribution in [0, 0.1) is 0 Å². The van der Waals surface area contributed by atoms with Gasteiger partial charge in [0.2, 0.25) is 0 Å². The van der Waals surface area contributed by atoms with Gasteiger partial charge in [0, 0.05) is 24.7 Å².